The summed E-state index contributed by atoms with van der Waals surface area (Å²) in [6, 6.07) is 6.11. The first-order chi connectivity index (χ1) is 10.0. The third kappa shape index (κ3) is 2.95. The van der Waals surface area contributed by atoms with E-state index in [-0.39, 0.29) is 11.9 Å². The van der Waals surface area contributed by atoms with E-state index in [4.69, 9.17) is 4.42 Å². The first kappa shape index (κ1) is 14.5. The van der Waals surface area contributed by atoms with Crippen molar-refractivity contribution >= 4 is 11.0 Å². The van der Waals surface area contributed by atoms with Gasteiger partial charge in [0.15, 0.2) is 0 Å². The van der Waals surface area contributed by atoms with Gasteiger partial charge in [-0.05, 0) is 57.9 Å². The minimum absolute atomic E-state index is 0.0251. The van der Waals surface area contributed by atoms with E-state index >= 15 is 0 Å². The summed E-state index contributed by atoms with van der Waals surface area (Å²) < 4.78 is 19.0. The van der Waals surface area contributed by atoms with Crippen LogP contribution in [0.2, 0.25) is 0 Å². The Morgan fingerprint density at radius 2 is 2.10 bits per heavy atom. The van der Waals surface area contributed by atoms with E-state index in [1.54, 1.807) is 12.1 Å². The van der Waals surface area contributed by atoms with Gasteiger partial charge >= 0.3 is 0 Å². The summed E-state index contributed by atoms with van der Waals surface area (Å²) in [5.41, 5.74) is 0.607. The van der Waals surface area contributed by atoms with Crippen molar-refractivity contribution in [3.05, 3.63) is 35.8 Å². The third-order valence-corrected chi connectivity index (χ3v) is 4.27. The lowest BCUT2D eigenvalue weighted by molar-refractivity contribution is 0.0432. The molecule has 1 N–H and O–H groups in total. The number of aliphatic hydroxyl groups excluding tert-OH is 1. The van der Waals surface area contributed by atoms with E-state index in [0.717, 1.165) is 26.1 Å². The Morgan fingerprint density at radius 1 is 1.29 bits per heavy atom. The second kappa shape index (κ2) is 5.75. The Kier molecular flexibility index (Phi) is 3.97. The first-order valence-corrected chi connectivity index (χ1v) is 7.30. The number of hydrogen-bond acceptors (Lipinski definition) is 4. The smallest absolute Gasteiger partial charge is 0.135 e. The molecular weight excluding hydrogens is 271 g/mol. The molecule has 2 atom stereocenters. The van der Waals surface area contributed by atoms with E-state index in [0.29, 0.717) is 16.7 Å². The van der Waals surface area contributed by atoms with Crippen molar-refractivity contribution in [1.29, 1.82) is 0 Å². The number of hydrogen-bond donors (Lipinski definition) is 1. The Balaban J connectivity index is 1.89. The Hall–Kier alpha value is -1.43. The molecule has 2 heterocycles. The lowest BCUT2D eigenvalue weighted by Crippen LogP contribution is -2.42. The van der Waals surface area contributed by atoms with Crippen LogP contribution in [0, 0.1) is 5.82 Å². The SMILES string of the molecule is CN1CCCN(C)C(C(O)c2cc3cc(F)ccc3o2)C1. The summed E-state index contributed by atoms with van der Waals surface area (Å²) >= 11 is 0. The summed E-state index contributed by atoms with van der Waals surface area (Å²) in [5, 5.41) is 11.4. The normalized spacial score (nSPS) is 23.3. The molecule has 1 fully saturated rings. The molecule has 1 aliphatic heterocycles. The zero-order valence-electron chi connectivity index (χ0n) is 12.4. The molecule has 1 saturated heterocycles. The quantitative estimate of drug-likeness (QED) is 0.921. The van der Waals surface area contributed by atoms with Gasteiger partial charge in [0.05, 0.1) is 6.04 Å². The topological polar surface area (TPSA) is 39.9 Å². The number of aliphatic hydroxyl groups is 1. The Morgan fingerprint density at radius 3 is 2.90 bits per heavy atom. The molecule has 5 heteroatoms. The van der Waals surface area contributed by atoms with Crippen LogP contribution in [0.25, 0.3) is 11.0 Å². The van der Waals surface area contributed by atoms with E-state index in [9.17, 15) is 9.50 Å². The Labute approximate surface area is 123 Å². The standard InChI is InChI=1S/C16H21FN2O2/c1-18-6-3-7-19(2)13(10-18)16(20)15-9-11-8-12(17)4-5-14(11)21-15/h4-5,8-9,13,16,20H,3,6-7,10H2,1-2H3. The highest BCUT2D eigenvalue weighted by Gasteiger charge is 2.30. The van der Waals surface area contributed by atoms with Crippen molar-refractivity contribution in [2.75, 3.05) is 33.7 Å². The molecule has 0 bridgehead atoms. The van der Waals surface area contributed by atoms with E-state index < -0.39 is 6.10 Å². The largest absolute Gasteiger partial charge is 0.458 e. The molecule has 1 aromatic heterocycles. The second-order valence-corrected chi connectivity index (χ2v) is 5.94. The number of rotatable bonds is 2. The molecular formula is C16H21FN2O2. The predicted octanol–water partition coefficient (Wildman–Crippen LogP) is 2.24. The van der Waals surface area contributed by atoms with E-state index in [2.05, 4.69) is 16.8 Å². The van der Waals surface area contributed by atoms with Crippen molar-refractivity contribution in [2.45, 2.75) is 18.6 Å². The highest BCUT2D eigenvalue weighted by atomic mass is 19.1. The lowest BCUT2D eigenvalue weighted by Gasteiger charge is -2.30. The average Bonchev–Trinajstić information content (AvgIpc) is 2.78. The zero-order valence-corrected chi connectivity index (χ0v) is 12.4. The number of nitrogens with zero attached hydrogens (tertiary/aromatic N) is 2. The van der Waals surface area contributed by atoms with Gasteiger partial charge in [-0.2, -0.15) is 0 Å². The maximum Gasteiger partial charge on any atom is 0.135 e. The van der Waals surface area contributed by atoms with Crippen molar-refractivity contribution in [3.63, 3.8) is 0 Å². The number of furan rings is 1. The van der Waals surface area contributed by atoms with Crippen LogP contribution < -0.4 is 0 Å². The van der Waals surface area contributed by atoms with Crippen molar-refractivity contribution in [1.82, 2.24) is 9.80 Å². The van der Waals surface area contributed by atoms with Crippen LogP contribution in [0.4, 0.5) is 4.39 Å². The van der Waals surface area contributed by atoms with Gasteiger partial charge in [-0.25, -0.2) is 4.39 Å². The fourth-order valence-electron chi connectivity index (χ4n) is 3.02. The van der Waals surface area contributed by atoms with Gasteiger partial charge in [-0.1, -0.05) is 0 Å². The van der Waals surface area contributed by atoms with Gasteiger partial charge in [0.2, 0.25) is 0 Å². The lowest BCUT2D eigenvalue weighted by atomic mass is 10.1. The van der Waals surface area contributed by atoms with Crippen LogP contribution in [-0.4, -0.2) is 54.7 Å². The van der Waals surface area contributed by atoms with Crippen LogP contribution in [-0.2, 0) is 0 Å². The molecule has 2 unspecified atom stereocenters. The molecule has 0 saturated carbocycles. The zero-order chi connectivity index (χ0) is 15.0. The maximum absolute atomic E-state index is 13.2. The van der Waals surface area contributed by atoms with Crippen LogP contribution in [0.3, 0.4) is 0 Å². The van der Waals surface area contributed by atoms with Gasteiger partial charge in [-0.3, -0.25) is 4.90 Å². The maximum atomic E-state index is 13.2. The second-order valence-electron chi connectivity index (χ2n) is 5.94. The van der Waals surface area contributed by atoms with Crippen LogP contribution >= 0.6 is 0 Å². The monoisotopic (exact) mass is 292 g/mol. The van der Waals surface area contributed by atoms with E-state index in [1.165, 1.54) is 12.1 Å². The summed E-state index contributed by atoms with van der Waals surface area (Å²) in [4.78, 5) is 4.39. The molecule has 21 heavy (non-hydrogen) atoms. The van der Waals surface area contributed by atoms with Gasteiger partial charge in [-0.15, -0.1) is 0 Å². The number of likely N-dealkylation sites (N-methyl/N-ethyl adjacent to an activating group) is 2. The molecule has 1 aliphatic rings. The minimum Gasteiger partial charge on any atom is -0.458 e. The third-order valence-electron chi connectivity index (χ3n) is 4.27. The molecule has 2 aromatic rings. The van der Waals surface area contributed by atoms with E-state index in [1.807, 2.05) is 7.05 Å². The number of benzene rings is 1. The van der Waals surface area contributed by atoms with Crippen molar-refractivity contribution in [3.8, 4) is 0 Å². The first-order valence-electron chi connectivity index (χ1n) is 7.30. The molecule has 3 rings (SSSR count). The van der Waals surface area contributed by atoms with Gasteiger partial charge in [0, 0.05) is 11.9 Å². The fourth-order valence-corrected chi connectivity index (χ4v) is 3.02. The minimum atomic E-state index is -0.717. The molecule has 0 radical (unpaired) electrons. The predicted molar refractivity (Wildman–Crippen MR) is 79.7 cm³/mol. The molecule has 1 aromatic carbocycles. The highest BCUT2D eigenvalue weighted by Crippen LogP contribution is 2.29. The fraction of sp³-hybridized carbons (Fsp3) is 0.500. The Bertz CT molecular complexity index is 628. The van der Waals surface area contributed by atoms with Crippen molar-refractivity contribution in [2.24, 2.45) is 0 Å². The van der Waals surface area contributed by atoms with Gasteiger partial charge in [0.25, 0.3) is 0 Å². The van der Waals surface area contributed by atoms with Crippen LogP contribution in [0.1, 0.15) is 18.3 Å². The van der Waals surface area contributed by atoms with Gasteiger partial charge in [0.1, 0.15) is 23.3 Å². The summed E-state index contributed by atoms with van der Waals surface area (Å²) in [5.74, 6) is 0.207. The highest BCUT2D eigenvalue weighted by molar-refractivity contribution is 5.78. The molecule has 114 valence electrons. The van der Waals surface area contributed by atoms with Crippen LogP contribution in [0.5, 0.6) is 0 Å². The molecule has 4 nitrogen and oxygen atoms in total. The van der Waals surface area contributed by atoms with Gasteiger partial charge < -0.3 is 14.4 Å². The number of fused-ring (bicyclic) bond motifs is 1. The molecule has 0 amide bonds. The summed E-state index contributed by atoms with van der Waals surface area (Å²) in [7, 11) is 4.09. The number of halogens is 1. The average molecular weight is 292 g/mol. The molecule has 0 spiro atoms. The van der Waals surface area contributed by atoms with Crippen molar-refractivity contribution < 1.29 is 13.9 Å². The summed E-state index contributed by atoms with van der Waals surface area (Å²) in [6.45, 7) is 2.75. The van der Waals surface area contributed by atoms with Crippen LogP contribution in [0.15, 0.2) is 28.7 Å². The summed E-state index contributed by atoms with van der Waals surface area (Å²) in [6.07, 6.45) is 0.368. The molecule has 0 aliphatic carbocycles.